The normalized spacial score (nSPS) is 10.1. The summed E-state index contributed by atoms with van der Waals surface area (Å²) in [7, 11) is 0. The van der Waals surface area contributed by atoms with E-state index in [0.29, 0.717) is 24.2 Å². The molecule has 0 unspecified atom stereocenters. The molecule has 0 spiro atoms. The second-order valence-corrected chi connectivity index (χ2v) is 6.06. The van der Waals surface area contributed by atoms with Crippen LogP contribution in [-0.4, -0.2) is 18.4 Å². The van der Waals surface area contributed by atoms with Crippen molar-refractivity contribution in [2.24, 2.45) is 0 Å². The molecule has 0 bridgehead atoms. The van der Waals surface area contributed by atoms with Crippen LogP contribution < -0.4 is 10.6 Å². The average molecular weight is 328 g/mol. The van der Waals surface area contributed by atoms with E-state index in [1.165, 1.54) is 4.88 Å². The number of nitrogens with one attached hydrogen (secondary N) is 2. The number of hydrogen-bond acceptors (Lipinski definition) is 3. The molecule has 2 aromatic rings. The zero-order valence-corrected chi connectivity index (χ0v) is 13.7. The highest BCUT2D eigenvalue weighted by molar-refractivity contribution is 7.09. The van der Waals surface area contributed by atoms with E-state index < -0.39 is 0 Å². The molecule has 23 heavy (non-hydrogen) atoms. The summed E-state index contributed by atoms with van der Waals surface area (Å²) in [6.07, 6.45) is 3.73. The second-order valence-electron chi connectivity index (χ2n) is 5.03. The standard InChI is InChI=1S/C18H20N2O2S/c1-2-12-19-18(22)15-9-3-4-10-16(15)20-17(21)11-5-7-14-8-6-13-23-14/h2-4,6,8-10,13H,1,5,7,11-12H2,(H,19,22)(H,20,21). The fourth-order valence-corrected chi connectivity index (χ4v) is 2.89. The minimum atomic E-state index is -0.223. The molecule has 0 aliphatic carbocycles. The Hall–Kier alpha value is -2.40. The molecular formula is C18H20N2O2S. The Kier molecular flexibility index (Phi) is 6.56. The summed E-state index contributed by atoms with van der Waals surface area (Å²) in [5.41, 5.74) is 0.996. The van der Waals surface area contributed by atoms with Crippen LogP contribution in [0.4, 0.5) is 5.69 Å². The van der Waals surface area contributed by atoms with E-state index in [2.05, 4.69) is 23.3 Å². The molecule has 4 nitrogen and oxygen atoms in total. The molecule has 1 heterocycles. The third-order valence-electron chi connectivity index (χ3n) is 3.26. The van der Waals surface area contributed by atoms with E-state index in [-0.39, 0.29) is 11.8 Å². The smallest absolute Gasteiger partial charge is 0.253 e. The molecule has 0 fully saturated rings. The Balaban J connectivity index is 1.89. The summed E-state index contributed by atoms with van der Waals surface area (Å²) in [6.45, 7) is 3.96. The number of amides is 2. The van der Waals surface area contributed by atoms with Gasteiger partial charge in [0.05, 0.1) is 11.3 Å². The molecular weight excluding hydrogens is 308 g/mol. The quantitative estimate of drug-likeness (QED) is 0.727. The van der Waals surface area contributed by atoms with Crippen molar-refractivity contribution in [2.45, 2.75) is 19.3 Å². The van der Waals surface area contributed by atoms with E-state index in [9.17, 15) is 9.59 Å². The maximum atomic E-state index is 12.1. The summed E-state index contributed by atoms with van der Waals surface area (Å²) in [6, 6.07) is 11.1. The highest BCUT2D eigenvalue weighted by Gasteiger charge is 2.12. The van der Waals surface area contributed by atoms with Gasteiger partial charge >= 0.3 is 0 Å². The maximum Gasteiger partial charge on any atom is 0.253 e. The van der Waals surface area contributed by atoms with Gasteiger partial charge < -0.3 is 10.6 Å². The molecule has 0 aliphatic rings. The average Bonchev–Trinajstić information content (AvgIpc) is 3.06. The van der Waals surface area contributed by atoms with E-state index in [1.807, 2.05) is 11.4 Å². The van der Waals surface area contributed by atoms with Gasteiger partial charge in [-0.3, -0.25) is 9.59 Å². The van der Waals surface area contributed by atoms with Gasteiger partial charge in [0.1, 0.15) is 0 Å². The van der Waals surface area contributed by atoms with E-state index in [4.69, 9.17) is 0 Å². The Morgan fingerprint density at radius 2 is 2.00 bits per heavy atom. The van der Waals surface area contributed by atoms with Crippen molar-refractivity contribution in [3.05, 3.63) is 64.9 Å². The van der Waals surface area contributed by atoms with Crippen LogP contribution >= 0.6 is 11.3 Å². The van der Waals surface area contributed by atoms with Crippen LogP contribution in [0.1, 0.15) is 28.1 Å². The summed E-state index contributed by atoms with van der Waals surface area (Å²) in [5.74, 6) is -0.301. The third kappa shape index (κ3) is 5.38. The monoisotopic (exact) mass is 328 g/mol. The summed E-state index contributed by atoms with van der Waals surface area (Å²) >= 11 is 1.70. The van der Waals surface area contributed by atoms with E-state index in [0.717, 1.165) is 12.8 Å². The molecule has 2 N–H and O–H groups in total. The molecule has 0 aliphatic heterocycles. The second kappa shape index (κ2) is 8.90. The lowest BCUT2D eigenvalue weighted by Crippen LogP contribution is -2.25. The van der Waals surface area contributed by atoms with Crippen LogP contribution in [0.5, 0.6) is 0 Å². The Morgan fingerprint density at radius 3 is 2.74 bits per heavy atom. The molecule has 1 aromatic heterocycles. The van der Waals surface area contributed by atoms with Gasteiger partial charge in [-0.05, 0) is 36.4 Å². The first-order valence-corrected chi connectivity index (χ1v) is 8.39. The molecule has 1 aromatic carbocycles. The number of carbonyl (C=O) groups is 2. The molecule has 5 heteroatoms. The Labute approximate surface area is 140 Å². The molecule has 2 rings (SSSR count). The van der Waals surface area contributed by atoms with Crippen molar-refractivity contribution in [3.63, 3.8) is 0 Å². The first-order chi connectivity index (χ1) is 11.2. The zero-order valence-electron chi connectivity index (χ0n) is 12.9. The lowest BCUT2D eigenvalue weighted by Gasteiger charge is -2.10. The third-order valence-corrected chi connectivity index (χ3v) is 4.20. The highest BCUT2D eigenvalue weighted by atomic mass is 32.1. The molecule has 0 atom stereocenters. The zero-order chi connectivity index (χ0) is 16.5. The number of anilines is 1. The van der Waals surface area contributed by atoms with Gasteiger partial charge in [0.2, 0.25) is 5.91 Å². The number of benzene rings is 1. The minimum absolute atomic E-state index is 0.0782. The predicted molar refractivity (Wildman–Crippen MR) is 94.9 cm³/mol. The first-order valence-electron chi connectivity index (χ1n) is 7.51. The van der Waals surface area contributed by atoms with Crippen molar-refractivity contribution in [1.29, 1.82) is 0 Å². The van der Waals surface area contributed by atoms with Gasteiger partial charge in [0, 0.05) is 17.8 Å². The fraction of sp³-hybridized carbons (Fsp3) is 0.222. The van der Waals surface area contributed by atoms with Crippen LogP contribution in [0, 0.1) is 0 Å². The Morgan fingerprint density at radius 1 is 1.17 bits per heavy atom. The van der Waals surface area contributed by atoms with Crippen molar-refractivity contribution >= 4 is 28.8 Å². The van der Waals surface area contributed by atoms with Gasteiger partial charge in [0.15, 0.2) is 0 Å². The molecule has 0 radical (unpaired) electrons. The van der Waals surface area contributed by atoms with E-state index >= 15 is 0 Å². The summed E-state index contributed by atoms with van der Waals surface area (Å²) in [4.78, 5) is 25.4. The van der Waals surface area contributed by atoms with Crippen LogP contribution in [0.25, 0.3) is 0 Å². The van der Waals surface area contributed by atoms with Crippen LogP contribution in [0.3, 0.4) is 0 Å². The lowest BCUT2D eigenvalue weighted by atomic mass is 10.1. The van der Waals surface area contributed by atoms with Gasteiger partial charge in [0.25, 0.3) is 5.91 Å². The van der Waals surface area contributed by atoms with Gasteiger partial charge in [-0.2, -0.15) is 0 Å². The Bertz CT molecular complexity index is 665. The molecule has 120 valence electrons. The fourth-order valence-electron chi connectivity index (χ4n) is 2.14. The van der Waals surface area contributed by atoms with Gasteiger partial charge in [-0.15, -0.1) is 17.9 Å². The lowest BCUT2D eigenvalue weighted by molar-refractivity contribution is -0.116. The predicted octanol–water partition coefficient (Wildman–Crippen LogP) is 3.63. The maximum absolute atomic E-state index is 12.1. The first kappa shape index (κ1) is 17.0. The van der Waals surface area contributed by atoms with Crippen molar-refractivity contribution in [2.75, 3.05) is 11.9 Å². The number of rotatable bonds is 8. The number of thiophene rings is 1. The van der Waals surface area contributed by atoms with Crippen molar-refractivity contribution in [1.82, 2.24) is 5.32 Å². The van der Waals surface area contributed by atoms with Crippen LogP contribution in [0.15, 0.2) is 54.4 Å². The largest absolute Gasteiger partial charge is 0.349 e. The van der Waals surface area contributed by atoms with Gasteiger partial charge in [-0.1, -0.05) is 24.3 Å². The molecule has 0 saturated heterocycles. The number of aryl methyl sites for hydroxylation is 1. The van der Waals surface area contributed by atoms with Crippen molar-refractivity contribution in [3.8, 4) is 0 Å². The number of hydrogen-bond donors (Lipinski definition) is 2. The minimum Gasteiger partial charge on any atom is -0.349 e. The molecule has 2 amide bonds. The van der Waals surface area contributed by atoms with Crippen LogP contribution in [-0.2, 0) is 11.2 Å². The number of carbonyl (C=O) groups excluding carboxylic acids is 2. The SMILES string of the molecule is C=CCNC(=O)c1ccccc1NC(=O)CCCc1cccs1. The topological polar surface area (TPSA) is 58.2 Å². The summed E-state index contributed by atoms with van der Waals surface area (Å²) in [5, 5.41) is 7.58. The number of para-hydroxylation sites is 1. The van der Waals surface area contributed by atoms with Crippen molar-refractivity contribution < 1.29 is 9.59 Å². The molecule has 0 saturated carbocycles. The highest BCUT2D eigenvalue weighted by Crippen LogP contribution is 2.16. The summed E-state index contributed by atoms with van der Waals surface area (Å²) < 4.78 is 0. The van der Waals surface area contributed by atoms with E-state index in [1.54, 1.807) is 41.7 Å². The van der Waals surface area contributed by atoms with Crippen LogP contribution in [0.2, 0.25) is 0 Å². The van der Waals surface area contributed by atoms with Gasteiger partial charge in [-0.25, -0.2) is 0 Å².